The van der Waals surface area contributed by atoms with Gasteiger partial charge < -0.3 is 16.6 Å². The highest BCUT2D eigenvalue weighted by Crippen LogP contribution is 2.43. The predicted octanol–water partition coefficient (Wildman–Crippen LogP) is -0.227. The molecule has 1 unspecified atom stereocenters. The molecule has 0 aromatic heterocycles. The Kier molecular flexibility index (Phi) is 3.02. The van der Waals surface area contributed by atoms with Crippen LogP contribution in [-0.4, -0.2) is 23.2 Å². The zero-order valence-electron chi connectivity index (χ0n) is 5.71. The van der Waals surface area contributed by atoms with Gasteiger partial charge in [-0.25, -0.2) is 0 Å². The van der Waals surface area contributed by atoms with E-state index in [0.29, 0.717) is 13.0 Å². The summed E-state index contributed by atoms with van der Waals surface area (Å²) in [6.45, 7) is 0.525. The fraction of sp³-hybridized carbons (Fsp3) is 0.857. The second-order valence-electron chi connectivity index (χ2n) is 2.82. The van der Waals surface area contributed by atoms with E-state index in [1.54, 1.807) is 0 Å². The van der Waals surface area contributed by atoms with E-state index in [4.69, 9.17) is 16.6 Å². The number of carboxylic acid groups (broad SMARTS) is 1. The molecular formula is C7H16N2O2. The number of rotatable bonds is 3. The van der Waals surface area contributed by atoms with Crippen LogP contribution in [-0.2, 0) is 4.79 Å². The minimum Gasteiger partial charge on any atom is -0.480 e. The number of nitrogens with two attached hydrogens (primary N) is 2. The van der Waals surface area contributed by atoms with Crippen LogP contribution < -0.4 is 11.5 Å². The third-order valence-corrected chi connectivity index (χ3v) is 2.07. The topological polar surface area (TPSA) is 89.3 Å². The van der Waals surface area contributed by atoms with Crippen LogP contribution in [0.25, 0.3) is 0 Å². The molecule has 11 heavy (non-hydrogen) atoms. The third kappa shape index (κ3) is 1.70. The van der Waals surface area contributed by atoms with Crippen molar-refractivity contribution in [3.05, 3.63) is 0 Å². The molecular weight excluding hydrogens is 144 g/mol. The molecule has 0 aromatic rings. The summed E-state index contributed by atoms with van der Waals surface area (Å²) in [4.78, 5) is 10.4. The van der Waals surface area contributed by atoms with Crippen molar-refractivity contribution >= 4 is 5.97 Å². The van der Waals surface area contributed by atoms with Gasteiger partial charge in [-0.3, -0.25) is 4.79 Å². The molecule has 0 aliphatic heterocycles. The molecule has 1 fully saturated rings. The number of hydrogen-bond acceptors (Lipinski definition) is 3. The monoisotopic (exact) mass is 160 g/mol. The summed E-state index contributed by atoms with van der Waals surface area (Å²) in [5.74, 6) is -0.791. The maximum Gasteiger partial charge on any atom is 0.323 e. The van der Waals surface area contributed by atoms with Crippen LogP contribution in [0.2, 0.25) is 0 Å². The Hall–Kier alpha value is -0.610. The minimum absolute atomic E-state index is 0. The van der Waals surface area contributed by atoms with Crippen molar-refractivity contribution in [2.45, 2.75) is 25.8 Å². The third-order valence-electron chi connectivity index (χ3n) is 2.07. The molecule has 66 valence electrons. The van der Waals surface area contributed by atoms with Gasteiger partial charge in [-0.2, -0.15) is 0 Å². The Balaban J connectivity index is 0.000001000. The average molecular weight is 160 g/mol. The average Bonchev–Trinajstić information content (AvgIpc) is 2.45. The van der Waals surface area contributed by atoms with Crippen LogP contribution in [0.5, 0.6) is 0 Å². The van der Waals surface area contributed by atoms with Crippen molar-refractivity contribution in [1.29, 1.82) is 0 Å². The lowest BCUT2D eigenvalue weighted by molar-refractivity contribution is -0.140. The zero-order chi connectivity index (χ0) is 7.78. The van der Waals surface area contributed by atoms with Crippen molar-refractivity contribution in [1.82, 2.24) is 0 Å². The summed E-state index contributed by atoms with van der Waals surface area (Å²) in [6.07, 6.45) is 1.31. The molecule has 0 heterocycles. The van der Waals surface area contributed by atoms with Crippen LogP contribution in [0, 0.1) is 5.92 Å². The van der Waals surface area contributed by atoms with Gasteiger partial charge in [0.25, 0.3) is 0 Å². The van der Waals surface area contributed by atoms with Gasteiger partial charge in [-0.05, 0) is 25.3 Å². The van der Waals surface area contributed by atoms with Crippen molar-refractivity contribution in [3.63, 3.8) is 0 Å². The number of aliphatic carboxylic acids is 1. The van der Waals surface area contributed by atoms with Crippen molar-refractivity contribution in [2.75, 3.05) is 6.54 Å². The van der Waals surface area contributed by atoms with Gasteiger partial charge in [0.2, 0.25) is 0 Å². The lowest BCUT2D eigenvalue weighted by Gasteiger charge is -2.02. The van der Waals surface area contributed by atoms with Crippen molar-refractivity contribution < 1.29 is 9.90 Å². The first-order valence-corrected chi connectivity index (χ1v) is 3.33. The number of carbonyl (C=O) groups is 1. The maximum absolute atomic E-state index is 10.4. The molecule has 4 heteroatoms. The van der Waals surface area contributed by atoms with Gasteiger partial charge in [0.05, 0.1) is 0 Å². The summed E-state index contributed by atoms with van der Waals surface area (Å²) in [7, 11) is 0. The standard InChI is InChI=1S/C6H12N2O2.CH4/c7-2-1-4-3-6(4,8)5(9)10;/h4H,1-3,7-8H2,(H,9,10);1H4/t4?,6-;/m0./s1. The Labute approximate surface area is 66.6 Å². The molecule has 0 spiro atoms. The fourth-order valence-corrected chi connectivity index (χ4v) is 1.17. The molecule has 1 aliphatic rings. The first kappa shape index (κ1) is 10.4. The Bertz CT molecular complexity index is 161. The van der Waals surface area contributed by atoms with Crippen LogP contribution in [0.1, 0.15) is 20.3 Å². The summed E-state index contributed by atoms with van der Waals surface area (Å²) >= 11 is 0. The van der Waals surface area contributed by atoms with Crippen molar-refractivity contribution in [3.8, 4) is 0 Å². The quantitative estimate of drug-likeness (QED) is 0.532. The molecule has 2 atom stereocenters. The van der Waals surface area contributed by atoms with Crippen molar-refractivity contribution in [2.24, 2.45) is 17.4 Å². The van der Waals surface area contributed by atoms with Gasteiger partial charge >= 0.3 is 5.97 Å². The van der Waals surface area contributed by atoms with E-state index < -0.39 is 11.5 Å². The largest absolute Gasteiger partial charge is 0.480 e. The summed E-state index contributed by atoms with van der Waals surface area (Å²) in [6, 6.07) is 0. The van der Waals surface area contributed by atoms with Crippen LogP contribution >= 0.6 is 0 Å². The predicted molar refractivity (Wildman–Crippen MR) is 43.1 cm³/mol. The molecule has 0 radical (unpaired) electrons. The van der Waals surface area contributed by atoms with Gasteiger partial charge in [0, 0.05) is 0 Å². The van der Waals surface area contributed by atoms with E-state index in [2.05, 4.69) is 0 Å². The SMILES string of the molecule is C.NCCC1C[C@@]1(N)C(=O)O. The molecule has 0 aromatic carbocycles. The van der Waals surface area contributed by atoms with E-state index >= 15 is 0 Å². The summed E-state index contributed by atoms with van der Waals surface area (Å²) < 4.78 is 0. The molecule has 4 nitrogen and oxygen atoms in total. The number of carboxylic acids is 1. The molecule has 0 amide bonds. The van der Waals surface area contributed by atoms with E-state index in [1.807, 2.05) is 0 Å². The van der Waals surface area contributed by atoms with E-state index in [-0.39, 0.29) is 13.3 Å². The van der Waals surface area contributed by atoms with Gasteiger partial charge in [-0.1, -0.05) is 7.43 Å². The lowest BCUT2D eigenvalue weighted by Crippen LogP contribution is -2.35. The van der Waals surface area contributed by atoms with E-state index in [1.165, 1.54) is 0 Å². The first-order valence-electron chi connectivity index (χ1n) is 3.33. The van der Waals surface area contributed by atoms with Crippen LogP contribution in [0.4, 0.5) is 0 Å². The fourth-order valence-electron chi connectivity index (χ4n) is 1.17. The van der Waals surface area contributed by atoms with E-state index in [9.17, 15) is 4.79 Å². The maximum atomic E-state index is 10.4. The molecule has 0 saturated heterocycles. The smallest absolute Gasteiger partial charge is 0.323 e. The molecule has 1 saturated carbocycles. The molecule has 0 bridgehead atoms. The molecule has 1 aliphatic carbocycles. The second kappa shape index (κ2) is 3.19. The van der Waals surface area contributed by atoms with Crippen LogP contribution in [0.15, 0.2) is 0 Å². The van der Waals surface area contributed by atoms with E-state index in [0.717, 1.165) is 6.42 Å². The van der Waals surface area contributed by atoms with Gasteiger partial charge in [-0.15, -0.1) is 0 Å². The van der Waals surface area contributed by atoms with Gasteiger partial charge in [0.15, 0.2) is 0 Å². The zero-order valence-corrected chi connectivity index (χ0v) is 5.71. The Morgan fingerprint density at radius 2 is 2.27 bits per heavy atom. The lowest BCUT2D eigenvalue weighted by atomic mass is 10.2. The van der Waals surface area contributed by atoms with Gasteiger partial charge in [0.1, 0.15) is 5.54 Å². The summed E-state index contributed by atoms with van der Waals surface area (Å²) in [5, 5.41) is 8.54. The summed E-state index contributed by atoms with van der Waals surface area (Å²) in [5.41, 5.74) is 9.76. The van der Waals surface area contributed by atoms with Crippen LogP contribution in [0.3, 0.4) is 0 Å². The normalized spacial score (nSPS) is 34.2. The first-order chi connectivity index (χ1) is 4.61. The Morgan fingerprint density at radius 1 is 1.73 bits per heavy atom. The minimum atomic E-state index is -0.945. The number of hydrogen-bond donors (Lipinski definition) is 3. The molecule has 5 N–H and O–H groups in total. The Morgan fingerprint density at radius 3 is 2.55 bits per heavy atom. The highest BCUT2D eigenvalue weighted by atomic mass is 16.4. The second-order valence-corrected chi connectivity index (χ2v) is 2.82. The highest BCUT2D eigenvalue weighted by molar-refractivity contribution is 5.82. The highest BCUT2D eigenvalue weighted by Gasteiger charge is 2.56. The molecule has 1 rings (SSSR count).